The highest BCUT2D eigenvalue weighted by atomic mass is 35.5. The average Bonchev–Trinajstić information content (AvgIpc) is 2.98. The number of rotatable bonds is 2. The lowest BCUT2D eigenvalue weighted by molar-refractivity contribution is -0.151. The van der Waals surface area contributed by atoms with Crippen molar-refractivity contribution in [1.29, 1.82) is 0 Å². The molecule has 1 aromatic rings. The molecular weight excluding hydrogens is 292 g/mol. The van der Waals surface area contributed by atoms with Crippen molar-refractivity contribution in [2.45, 2.75) is 44.1 Å². The van der Waals surface area contributed by atoms with Crippen molar-refractivity contribution in [3.63, 3.8) is 0 Å². The Balaban J connectivity index is 2.09. The molecule has 1 aromatic carbocycles. The lowest BCUT2D eigenvalue weighted by Gasteiger charge is -2.19. The molecule has 2 aliphatic rings. The third kappa shape index (κ3) is 2.13. The molecule has 1 aliphatic carbocycles. The van der Waals surface area contributed by atoms with Crippen LogP contribution < -0.4 is 4.74 Å². The molecule has 1 heterocycles. The van der Waals surface area contributed by atoms with Crippen LogP contribution in [0.15, 0.2) is 12.1 Å². The monoisotopic (exact) mass is 308 g/mol. The SMILES string of the molecule is COc1cc(C)cc(Cl)c1C1C(=O)OC2(CCCC2)C1=O. The Labute approximate surface area is 128 Å². The van der Waals surface area contributed by atoms with Crippen molar-refractivity contribution in [2.24, 2.45) is 0 Å². The number of methoxy groups -OCH3 is 1. The highest BCUT2D eigenvalue weighted by Crippen LogP contribution is 2.47. The normalized spacial score (nSPS) is 23.7. The molecule has 1 saturated carbocycles. The zero-order chi connectivity index (χ0) is 15.2. The molecule has 0 aromatic heterocycles. The number of ketones is 1. The molecule has 0 bridgehead atoms. The molecule has 1 aliphatic heterocycles. The van der Waals surface area contributed by atoms with Gasteiger partial charge in [0.1, 0.15) is 11.7 Å². The minimum absolute atomic E-state index is 0.172. The van der Waals surface area contributed by atoms with Gasteiger partial charge in [0.2, 0.25) is 0 Å². The number of aryl methyl sites for hydroxylation is 1. The van der Waals surface area contributed by atoms with Gasteiger partial charge in [0.25, 0.3) is 0 Å². The second kappa shape index (κ2) is 5.02. The van der Waals surface area contributed by atoms with E-state index in [1.807, 2.05) is 6.92 Å². The van der Waals surface area contributed by atoms with Gasteiger partial charge in [0.15, 0.2) is 11.4 Å². The molecule has 112 valence electrons. The van der Waals surface area contributed by atoms with Gasteiger partial charge in [-0.3, -0.25) is 9.59 Å². The Bertz CT molecular complexity index is 617. The highest BCUT2D eigenvalue weighted by molar-refractivity contribution is 6.33. The second-order valence-corrected chi connectivity index (χ2v) is 6.19. The van der Waals surface area contributed by atoms with Crippen molar-refractivity contribution in [1.82, 2.24) is 0 Å². The molecule has 2 fully saturated rings. The van der Waals surface area contributed by atoms with E-state index in [2.05, 4.69) is 0 Å². The number of Topliss-reactive ketones (excluding diaryl/α,β-unsaturated/α-hetero) is 1. The van der Waals surface area contributed by atoms with Gasteiger partial charge >= 0.3 is 5.97 Å². The van der Waals surface area contributed by atoms with Gasteiger partial charge in [-0.2, -0.15) is 0 Å². The van der Waals surface area contributed by atoms with E-state index in [9.17, 15) is 9.59 Å². The van der Waals surface area contributed by atoms with Crippen molar-refractivity contribution in [3.8, 4) is 5.75 Å². The lowest BCUT2D eigenvalue weighted by atomic mass is 9.86. The second-order valence-electron chi connectivity index (χ2n) is 5.78. The summed E-state index contributed by atoms with van der Waals surface area (Å²) in [5, 5.41) is 0.372. The first-order valence-electron chi connectivity index (χ1n) is 7.10. The summed E-state index contributed by atoms with van der Waals surface area (Å²) in [5.41, 5.74) is 0.416. The van der Waals surface area contributed by atoms with Crippen molar-refractivity contribution in [2.75, 3.05) is 7.11 Å². The van der Waals surface area contributed by atoms with Crippen LogP contribution in [0.1, 0.15) is 42.7 Å². The number of hydrogen-bond acceptors (Lipinski definition) is 4. The average molecular weight is 309 g/mol. The predicted octanol–water partition coefficient (Wildman–Crippen LogP) is 3.18. The number of carbonyl (C=O) groups is 2. The minimum Gasteiger partial charge on any atom is -0.496 e. The van der Waals surface area contributed by atoms with Gasteiger partial charge in [0, 0.05) is 10.6 Å². The van der Waals surface area contributed by atoms with Gasteiger partial charge in [-0.05, 0) is 50.3 Å². The van der Waals surface area contributed by atoms with E-state index in [0.717, 1.165) is 18.4 Å². The number of hydrogen-bond donors (Lipinski definition) is 0. The maximum Gasteiger partial charge on any atom is 0.322 e. The largest absolute Gasteiger partial charge is 0.496 e. The molecule has 21 heavy (non-hydrogen) atoms. The topological polar surface area (TPSA) is 52.6 Å². The highest BCUT2D eigenvalue weighted by Gasteiger charge is 2.57. The maximum atomic E-state index is 12.8. The first-order chi connectivity index (χ1) is 9.98. The van der Waals surface area contributed by atoms with Gasteiger partial charge in [-0.1, -0.05) is 11.6 Å². The summed E-state index contributed by atoms with van der Waals surface area (Å²) in [4.78, 5) is 25.1. The van der Waals surface area contributed by atoms with Crippen LogP contribution in [0.3, 0.4) is 0 Å². The fourth-order valence-electron chi connectivity index (χ4n) is 3.39. The Morgan fingerprint density at radius 2 is 1.95 bits per heavy atom. The summed E-state index contributed by atoms with van der Waals surface area (Å²) >= 11 is 6.28. The smallest absolute Gasteiger partial charge is 0.322 e. The van der Waals surface area contributed by atoms with Gasteiger partial charge in [0.05, 0.1) is 7.11 Å². The van der Waals surface area contributed by atoms with E-state index in [-0.39, 0.29) is 5.78 Å². The van der Waals surface area contributed by atoms with Crippen molar-refractivity contribution in [3.05, 3.63) is 28.3 Å². The molecule has 1 unspecified atom stereocenters. The molecule has 0 amide bonds. The number of benzene rings is 1. The number of carbonyl (C=O) groups excluding carboxylic acids is 2. The predicted molar refractivity (Wildman–Crippen MR) is 77.8 cm³/mol. The van der Waals surface area contributed by atoms with Crippen LogP contribution in [-0.2, 0) is 14.3 Å². The quantitative estimate of drug-likeness (QED) is 0.622. The molecule has 1 spiro atoms. The first kappa shape index (κ1) is 14.4. The van der Waals surface area contributed by atoms with Crippen LogP contribution in [0.25, 0.3) is 0 Å². The number of halogens is 1. The summed E-state index contributed by atoms with van der Waals surface area (Å²) < 4.78 is 10.8. The van der Waals surface area contributed by atoms with Crippen LogP contribution >= 0.6 is 11.6 Å². The summed E-state index contributed by atoms with van der Waals surface area (Å²) in [5.74, 6) is -1.18. The minimum atomic E-state index is -0.967. The maximum absolute atomic E-state index is 12.8. The van der Waals surface area contributed by atoms with Crippen LogP contribution in [-0.4, -0.2) is 24.5 Å². The Morgan fingerprint density at radius 3 is 2.57 bits per heavy atom. The zero-order valence-electron chi connectivity index (χ0n) is 12.1. The summed E-state index contributed by atoms with van der Waals surface area (Å²) in [6.07, 6.45) is 3.04. The Hall–Kier alpha value is -1.55. The summed E-state index contributed by atoms with van der Waals surface area (Å²) in [6, 6.07) is 3.51. The number of esters is 1. The molecule has 3 rings (SSSR count). The molecule has 0 N–H and O–H groups in total. The van der Waals surface area contributed by atoms with Gasteiger partial charge < -0.3 is 9.47 Å². The van der Waals surface area contributed by atoms with E-state index in [0.29, 0.717) is 29.2 Å². The van der Waals surface area contributed by atoms with E-state index >= 15 is 0 Å². The summed E-state index contributed by atoms with van der Waals surface area (Å²) in [7, 11) is 1.50. The molecule has 0 radical (unpaired) electrons. The fraction of sp³-hybridized carbons (Fsp3) is 0.500. The third-order valence-corrected chi connectivity index (χ3v) is 4.71. The van der Waals surface area contributed by atoms with Crippen molar-refractivity contribution < 1.29 is 19.1 Å². The Morgan fingerprint density at radius 1 is 1.29 bits per heavy atom. The van der Waals surface area contributed by atoms with E-state index < -0.39 is 17.5 Å². The van der Waals surface area contributed by atoms with Crippen LogP contribution in [0.5, 0.6) is 5.75 Å². The van der Waals surface area contributed by atoms with Gasteiger partial charge in [-0.25, -0.2) is 0 Å². The zero-order valence-corrected chi connectivity index (χ0v) is 12.8. The Kier molecular flexibility index (Phi) is 3.44. The van der Waals surface area contributed by atoms with Crippen LogP contribution in [0, 0.1) is 6.92 Å². The molecule has 1 atom stereocenters. The summed E-state index contributed by atoms with van der Waals surface area (Å²) in [6.45, 7) is 1.88. The lowest BCUT2D eigenvalue weighted by Crippen LogP contribution is -2.33. The third-order valence-electron chi connectivity index (χ3n) is 4.40. The standard InChI is InChI=1S/C16H17ClO4/c1-9-7-10(17)12(11(8-9)20-2)13-14(18)16(21-15(13)19)5-3-4-6-16/h7-8,13H,3-6H2,1-2H3. The van der Waals surface area contributed by atoms with E-state index in [1.165, 1.54) is 7.11 Å². The molecule has 5 heteroatoms. The fourth-order valence-corrected chi connectivity index (χ4v) is 3.76. The van der Waals surface area contributed by atoms with Crippen molar-refractivity contribution >= 4 is 23.4 Å². The van der Waals surface area contributed by atoms with E-state index in [4.69, 9.17) is 21.1 Å². The van der Waals surface area contributed by atoms with Crippen LogP contribution in [0.4, 0.5) is 0 Å². The molecule has 4 nitrogen and oxygen atoms in total. The number of ether oxygens (including phenoxy) is 2. The molecule has 1 saturated heterocycles. The molecular formula is C16H17ClO4. The van der Waals surface area contributed by atoms with Gasteiger partial charge in [-0.15, -0.1) is 0 Å². The first-order valence-corrected chi connectivity index (χ1v) is 7.47. The van der Waals surface area contributed by atoms with Crippen LogP contribution in [0.2, 0.25) is 5.02 Å². The van der Waals surface area contributed by atoms with E-state index in [1.54, 1.807) is 12.1 Å².